The van der Waals surface area contributed by atoms with Gasteiger partial charge in [-0.1, -0.05) is 12.1 Å². The van der Waals surface area contributed by atoms with Crippen LogP contribution in [-0.4, -0.2) is 30.2 Å². The fourth-order valence-electron chi connectivity index (χ4n) is 4.06. The van der Waals surface area contributed by atoms with Gasteiger partial charge in [-0.3, -0.25) is 4.90 Å². The van der Waals surface area contributed by atoms with Gasteiger partial charge >= 0.3 is 0 Å². The lowest BCUT2D eigenvalue weighted by Crippen LogP contribution is -2.29. The zero-order chi connectivity index (χ0) is 19.5. The Hall–Kier alpha value is -2.79. The lowest BCUT2D eigenvalue weighted by Gasteiger charge is -2.31. The molecule has 0 saturated carbocycles. The van der Waals surface area contributed by atoms with Crippen LogP contribution in [0.4, 0.5) is 4.39 Å². The molecule has 4 rings (SSSR count). The van der Waals surface area contributed by atoms with Crippen LogP contribution in [0.5, 0.6) is 11.5 Å². The normalized spacial score (nSPS) is 17.0. The number of hydrogen-bond donors (Lipinski definition) is 0. The molecular weight excluding hydrogens is 355 g/mol. The summed E-state index contributed by atoms with van der Waals surface area (Å²) >= 11 is 0. The van der Waals surface area contributed by atoms with Crippen LogP contribution in [0, 0.1) is 5.82 Å². The minimum Gasteiger partial charge on any atom is -0.497 e. The molecule has 0 radical (unpaired) electrons. The molecular formula is C23H25FN2O2. The molecule has 0 bridgehead atoms. The smallest absolute Gasteiger partial charge is 0.123 e. The number of halogens is 1. The second-order valence-corrected chi connectivity index (χ2v) is 7.13. The molecule has 2 heterocycles. The average Bonchev–Trinajstić information content (AvgIpc) is 3.09. The van der Waals surface area contributed by atoms with Crippen LogP contribution in [0.2, 0.25) is 0 Å². The first-order valence-corrected chi connectivity index (χ1v) is 9.54. The average molecular weight is 380 g/mol. The minimum absolute atomic E-state index is 0.00889. The van der Waals surface area contributed by atoms with Crippen LogP contribution in [0.3, 0.4) is 0 Å². The number of aryl methyl sites for hydroxylation is 1. The van der Waals surface area contributed by atoms with E-state index in [9.17, 15) is 4.39 Å². The summed E-state index contributed by atoms with van der Waals surface area (Å²) in [6.07, 6.45) is 3.15. The van der Waals surface area contributed by atoms with Gasteiger partial charge in [0.15, 0.2) is 0 Å². The Morgan fingerprint density at radius 3 is 2.46 bits per heavy atom. The van der Waals surface area contributed by atoms with Gasteiger partial charge in [-0.25, -0.2) is 4.39 Å². The van der Waals surface area contributed by atoms with Crippen molar-refractivity contribution in [2.75, 3.05) is 20.8 Å². The standard InChI is InChI=1S/C23H25FN2O2/c1-27-20-12-17(13-21(15-20)28-2)16-26-11-5-10-25-9-4-8-22(25)23(26)18-6-3-7-19(24)14-18/h3-4,6-9,12-15,23H,5,10-11,16H2,1-2H3/t23-/m0/s1. The fourth-order valence-corrected chi connectivity index (χ4v) is 4.06. The Bertz CT molecular complexity index is 931. The minimum atomic E-state index is -0.206. The van der Waals surface area contributed by atoms with E-state index in [1.807, 2.05) is 24.3 Å². The lowest BCUT2D eigenvalue weighted by molar-refractivity contribution is 0.219. The van der Waals surface area contributed by atoms with E-state index in [0.717, 1.165) is 48.7 Å². The van der Waals surface area contributed by atoms with Crippen molar-refractivity contribution in [3.8, 4) is 11.5 Å². The number of ether oxygens (including phenoxy) is 2. The first-order valence-electron chi connectivity index (χ1n) is 9.54. The molecule has 28 heavy (non-hydrogen) atoms. The Balaban J connectivity index is 1.74. The summed E-state index contributed by atoms with van der Waals surface area (Å²) in [5, 5.41) is 0. The van der Waals surface area contributed by atoms with Gasteiger partial charge in [0, 0.05) is 37.6 Å². The number of fused-ring (bicyclic) bond motifs is 1. The van der Waals surface area contributed by atoms with E-state index >= 15 is 0 Å². The van der Waals surface area contributed by atoms with Crippen molar-refractivity contribution < 1.29 is 13.9 Å². The Morgan fingerprint density at radius 2 is 1.75 bits per heavy atom. The molecule has 1 atom stereocenters. The van der Waals surface area contributed by atoms with E-state index < -0.39 is 0 Å². The molecule has 1 aliphatic rings. The molecule has 0 unspecified atom stereocenters. The van der Waals surface area contributed by atoms with Gasteiger partial charge in [0.2, 0.25) is 0 Å². The maximum Gasteiger partial charge on any atom is 0.123 e. The molecule has 0 spiro atoms. The third-order valence-electron chi connectivity index (χ3n) is 5.32. The number of hydrogen-bond acceptors (Lipinski definition) is 3. The number of nitrogens with zero attached hydrogens (tertiary/aromatic N) is 2. The topological polar surface area (TPSA) is 26.6 Å². The predicted octanol–water partition coefficient (Wildman–Crippen LogP) is 4.64. The Kier molecular flexibility index (Phi) is 5.35. The first-order chi connectivity index (χ1) is 13.7. The van der Waals surface area contributed by atoms with E-state index in [4.69, 9.17) is 9.47 Å². The third-order valence-corrected chi connectivity index (χ3v) is 5.32. The highest BCUT2D eigenvalue weighted by Crippen LogP contribution is 2.34. The van der Waals surface area contributed by atoms with E-state index in [1.165, 1.54) is 11.8 Å². The predicted molar refractivity (Wildman–Crippen MR) is 107 cm³/mol. The highest BCUT2D eigenvalue weighted by molar-refractivity contribution is 5.39. The van der Waals surface area contributed by atoms with Gasteiger partial charge < -0.3 is 14.0 Å². The molecule has 0 N–H and O–H groups in total. The quantitative estimate of drug-likeness (QED) is 0.645. The van der Waals surface area contributed by atoms with E-state index in [2.05, 4.69) is 27.8 Å². The van der Waals surface area contributed by atoms with Crippen molar-refractivity contribution in [1.29, 1.82) is 0 Å². The zero-order valence-electron chi connectivity index (χ0n) is 16.3. The number of methoxy groups -OCH3 is 2. The first kappa shape index (κ1) is 18.6. The Morgan fingerprint density at radius 1 is 0.964 bits per heavy atom. The summed E-state index contributed by atoms with van der Waals surface area (Å²) < 4.78 is 27.2. The van der Waals surface area contributed by atoms with Crippen LogP contribution >= 0.6 is 0 Å². The van der Waals surface area contributed by atoms with Crippen molar-refractivity contribution >= 4 is 0 Å². The number of rotatable bonds is 5. The second kappa shape index (κ2) is 8.07. The van der Waals surface area contributed by atoms with Crippen molar-refractivity contribution in [2.24, 2.45) is 0 Å². The Labute approximate surface area is 165 Å². The summed E-state index contributed by atoms with van der Waals surface area (Å²) in [7, 11) is 3.32. The SMILES string of the molecule is COc1cc(CN2CCCn3cccc3[C@@H]2c2cccc(F)c2)cc(OC)c1. The van der Waals surface area contributed by atoms with Crippen LogP contribution in [0.15, 0.2) is 60.8 Å². The molecule has 0 aliphatic carbocycles. The molecule has 0 saturated heterocycles. The molecule has 0 amide bonds. The van der Waals surface area contributed by atoms with Gasteiger partial charge in [-0.2, -0.15) is 0 Å². The maximum atomic E-state index is 14.0. The van der Waals surface area contributed by atoms with Crippen LogP contribution in [-0.2, 0) is 13.1 Å². The number of benzene rings is 2. The second-order valence-electron chi connectivity index (χ2n) is 7.13. The van der Waals surface area contributed by atoms with Gasteiger partial charge in [-0.05, 0) is 53.9 Å². The van der Waals surface area contributed by atoms with Crippen LogP contribution in [0.1, 0.15) is 29.3 Å². The van der Waals surface area contributed by atoms with E-state index in [-0.39, 0.29) is 11.9 Å². The van der Waals surface area contributed by atoms with Crippen LogP contribution < -0.4 is 9.47 Å². The zero-order valence-corrected chi connectivity index (χ0v) is 16.3. The molecule has 1 aliphatic heterocycles. The highest BCUT2D eigenvalue weighted by Gasteiger charge is 2.27. The molecule has 5 heteroatoms. The van der Waals surface area contributed by atoms with Gasteiger partial charge in [0.1, 0.15) is 17.3 Å². The highest BCUT2D eigenvalue weighted by atomic mass is 19.1. The van der Waals surface area contributed by atoms with Crippen molar-refractivity contribution in [3.05, 3.63) is 83.4 Å². The van der Waals surface area contributed by atoms with E-state index in [1.54, 1.807) is 26.4 Å². The lowest BCUT2D eigenvalue weighted by atomic mass is 10.0. The molecule has 4 nitrogen and oxygen atoms in total. The molecule has 1 aromatic heterocycles. The molecule has 3 aromatic rings. The van der Waals surface area contributed by atoms with Crippen LogP contribution in [0.25, 0.3) is 0 Å². The molecule has 0 fully saturated rings. The summed E-state index contributed by atoms with van der Waals surface area (Å²) in [4.78, 5) is 2.40. The molecule has 146 valence electrons. The summed E-state index contributed by atoms with van der Waals surface area (Å²) in [6, 6.07) is 17.1. The van der Waals surface area contributed by atoms with Gasteiger partial charge in [0.05, 0.1) is 20.3 Å². The van der Waals surface area contributed by atoms with Crippen molar-refractivity contribution in [3.63, 3.8) is 0 Å². The summed E-state index contributed by atoms with van der Waals surface area (Å²) in [6.45, 7) is 2.61. The maximum absolute atomic E-state index is 14.0. The van der Waals surface area contributed by atoms with Crippen molar-refractivity contribution in [2.45, 2.75) is 25.6 Å². The number of aromatic nitrogens is 1. The van der Waals surface area contributed by atoms with Crippen molar-refractivity contribution in [1.82, 2.24) is 9.47 Å². The fraction of sp³-hybridized carbons (Fsp3) is 0.304. The monoisotopic (exact) mass is 380 g/mol. The summed E-state index contributed by atoms with van der Waals surface area (Å²) in [5.41, 5.74) is 3.27. The van der Waals surface area contributed by atoms with Gasteiger partial charge in [-0.15, -0.1) is 0 Å². The van der Waals surface area contributed by atoms with E-state index in [0.29, 0.717) is 0 Å². The largest absolute Gasteiger partial charge is 0.497 e. The molecule has 2 aromatic carbocycles. The third kappa shape index (κ3) is 3.76. The van der Waals surface area contributed by atoms with Gasteiger partial charge in [0.25, 0.3) is 0 Å². The summed E-state index contributed by atoms with van der Waals surface area (Å²) in [5.74, 6) is 1.34.